The van der Waals surface area contributed by atoms with Crippen LogP contribution in [-0.2, 0) is 9.53 Å². The molecule has 0 radical (unpaired) electrons. The Kier molecular flexibility index (Phi) is 4.25. The fraction of sp³-hybridized carbons (Fsp3) is 0.800. The molecule has 17 heavy (non-hydrogen) atoms. The molecule has 0 aliphatic heterocycles. The van der Waals surface area contributed by atoms with Crippen molar-refractivity contribution in [1.82, 2.24) is 0 Å². The lowest BCUT2D eigenvalue weighted by molar-refractivity contribution is -0.138. The monoisotopic (exact) mass is 236 g/mol. The molecule has 2 aliphatic carbocycles. The highest BCUT2D eigenvalue weighted by Gasteiger charge is 2.41. The fourth-order valence-electron chi connectivity index (χ4n) is 3.17. The van der Waals surface area contributed by atoms with E-state index in [2.05, 4.69) is 6.08 Å². The number of carbonyl (C=O) groups is 1. The molecular weight excluding hydrogens is 212 g/mol. The Hall–Kier alpha value is -0.790. The van der Waals surface area contributed by atoms with Crippen LogP contribution in [0.25, 0.3) is 0 Å². The summed E-state index contributed by atoms with van der Waals surface area (Å²) in [6, 6.07) is 0. The first-order valence-corrected chi connectivity index (χ1v) is 7.08. The Balaban J connectivity index is 1.81. The van der Waals surface area contributed by atoms with Crippen LogP contribution in [-0.4, -0.2) is 12.6 Å². The van der Waals surface area contributed by atoms with Crippen LogP contribution in [0.4, 0.5) is 0 Å². The molecule has 96 valence electrons. The van der Waals surface area contributed by atoms with Gasteiger partial charge in [-0.05, 0) is 38.0 Å². The minimum absolute atomic E-state index is 0.137. The Morgan fingerprint density at radius 1 is 1.29 bits per heavy atom. The zero-order valence-corrected chi connectivity index (χ0v) is 11.1. The summed E-state index contributed by atoms with van der Waals surface area (Å²) in [6.07, 6.45) is 10.5. The van der Waals surface area contributed by atoms with Crippen LogP contribution in [0.15, 0.2) is 11.6 Å². The van der Waals surface area contributed by atoms with Crippen LogP contribution < -0.4 is 0 Å². The third-order valence-corrected chi connectivity index (χ3v) is 4.21. The maximum atomic E-state index is 11.5. The standard InChI is InChI=1S/C15H24O2/c1-3-17-15(16)11(2)9-13-10-14(13)12-7-5-4-6-8-12/h9,12-14H,3-8,10H2,1-2H3/b11-9-/t13-,14+/m0/s1. The molecule has 0 aromatic carbocycles. The molecule has 0 unspecified atom stereocenters. The number of allylic oxidation sites excluding steroid dienone is 1. The molecule has 0 spiro atoms. The van der Waals surface area contributed by atoms with E-state index in [1.165, 1.54) is 38.5 Å². The van der Waals surface area contributed by atoms with Gasteiger partial charge in [-0.2, -0.15) is 0 Å². The van der Waals surface area contributed by atoms with Gasteiger partial charge in [0.15, 0.2) is 0 Å². The van der Waals surface area contributed by atoms with Crippen LogP contribution >= 0.6 is 0 Å². The molecule has 0 bridgehead atoms. The minimum Gasteiger partial charge on any atom is -0.463 e. The second kappa shape index (κ2) is 5.70. The maximum absolute atomic E-state index is 11.5. The number of hydrogen-bond acceptors (Lipinski definition) is 2. The van der Waals surface area contributed by atoms with Gasteiger partial charge in [-0.1, -0.05) is 38.2 Å². The summed E-state index contributed by atoms with van der Waals surface area (Å²) in [5.74, 6) is 2.31. The predicted octanol–water partition coefficient (Wildman–Crippen LogP) is 3.71. The van der Waals surface area contributed by atoms with Crippen molar-refractivity contribution in [3.05, 3.63) is 11.6 Å². The lowest BCUT2D eigenvalue weighted by Gasteiger charge is -2.21. The number of hydrogen-bond donors (Lipinski definition) is 0. The van der Waals surface area contributed by atoms with Crippen molar-refractivity contribution < 1.29 is 9.53 Å². The van der Waals surface area contributed by atoms with Crippen LogP contribution in [0.3, 0.4) is 0 Å². The van der Waals surface area contributed by atoms with Crippen molar-refractivity contribution in [2.75, 3.05) is 6.61 Å². The second-order valence-electron chi connectivity index (χ2n) is 5.53. The van der Waals surface area contributed by atoms with Crippen molar-refractivity contribution in [1.29, 1.82) is 0 Å². The van der Waals surface area contributed by atoms with E-state index < -0.39 is 0 Å². The van der Waals surface area contributed by atoms with Gasteiger partial charge in [0.2, 0.25) is 0 Å². The maximum Gasteiger partial charge on any atom is 0.333 e. The first-order valence-electron chi connectivity index (χ1n) is 7.08. The summed E-state index contributed by atoms with van der Waals surface area (Å²) >= 11 is 0. The van der Waals surface area contributed by atoms with Gasteiger partial charge in [0.1, 0.15) is 0 Å². The van der Waals surface area contributed by atoms with E-state index in [0.29, 0.717) is 12.5 Å². The molecule has 0 aromatic rings. The molecular formula is C15H24O2. The van der Waals surface area contributed by atoms with E-state index in [0.717, 1.165) is 17.4 Å². The molecule has 0 saturated heterocycles. The van der Waals surface area contributed by atoms with Gasteiger partial charge in [-0.25, -0.2) is 4.79 Å². The first-order chi connectivity index (χ1) is 8.22. The van der Waals surface area contributed by atoms with E-state index in [1.54, 1.807) is 0 Å². The summed E-state index contributed by atoms with van der Waals surface area (Å²) in [4.78, 5) is 11.5. The van der Waals surface area contributed by atoms with E-state index in [4.69, 9.17) is 4.74 Å². The summed E-state index contributed by atoms with van der Waals surface area (Å²) < 4.78 is 5.01. The van der Waals surface area contributed by atoms with E-state index in [9.17, 15) is 4.79 Å². The normalized spacial score (nSPS) is 30.1. The zero-order chi connectivity index (χ0) is 12.3. The molecule has 2 saturated carbocycles. The summed E-state index contributed by atoms with van der Waals surface area (Å²) in [5.41, 5.74) is 0.801. The largest absolute Gasteiger partial charge is 0.463 e. The van der Waals surface area contributed by atoms with Gasteiger partial charge in [-0.15, -0.1) is 0 Å². The molecule has 0 amide bonds. The highest BCUT2D eigenvalue weighted by Crippen LogP contribution is 2.50. The van der Waals surface area contributed by atoms with Gasteiger partial charge in [0.25, 0.3) is 0 Å². The molecule has 2 heteroatoms. The molecule has 0 N–H and O–H groups in total. The average molecular weight is 236 g/mol. The molecule has 0 heterocycles. The topological polar surface area (TPSA) is 26.3 Å². The van der Waals surface area contributed by atoms with Crippen molar-refractivity contribution in [3.63, 3.8) is 0 Å². The van der Waals surface area contributed by atoms with Crippen LogP contribution in [0, 0.1) is 17.8 Å². The smallest absolute Gasteiger partial charge is 0.333 e. The van der Waals surface area contributed by atoms with Gasteiger partial charge < -0.3 is 4.74 Å². The van der Waals surface area contributed by atoms with Crippen molar-refractivity contribution >= 4 is 5.97 Å². The van der Waals surface area contributed by atoms with Gasteiger partial charge in [0.05, 0.1) is 6.61 Å². The third-order valence-electron chi connectivity index (χ3n) is 4.21. The van der Waals surface area contributed by atoms with Gasteiger partial charge in [0, 0.05) is 5.57 Å². The van der Waals surface area contributed by atoms with Gasteiger partial charge >= 0.3 is 5.97 Å². The number of carbonyl (C=O) groups excluding carboxylic acids is 1. The quantitative estimate of drug-likeness (QED) is 0.549. The molecule has 2 rings (SSSR count). The molecule has 2 nitrogen and oxygen atoms in total. The van der Waals surface area contributed by atoms with Crippen LogP contribution in [0.2, 0.25) is 0 Å². The first kappa shape index (κ1) is 12.7. The van der Waals surface area contributed by atoms with E-state index >= 15 is 0 Å². The molecule has 0 aromatic heterocycles. The Labute approximate surface area is 104 Å². The third kappa shape index (κ3) is 3.34. The van der Waals surface area contributed by atoms with E-state index in [1.807, 2.05) is 13.8 Å². The SMILES string of the molecule is CCOC(=O)/C(C)=C\[C@H]1C[C@@H]1C1CCCCC1. The zero-order valence-electron chi connectivity index (χ0n) is 11.1. The highest BCUT2D eigenvalue weighted by atomic mass is 16.5. The molecule has 2 atom stereocenters. The van der Waals surface area contributed by atoms with Crippen LogP contribution in [0.5, 0.6) is 0 Å². The Morgan fingerprint density at radius 2 is 2.00 bits per heavy atom. The van der Waals surface area contributed by atoms with Gasteiger partial charge in [-0.3, -0.25) is 0 Å². The summed E-state index contributed by atoms with van der Waals surface area (Å²) in [6.45, 7) is 4.21. The molecule has 2 fully saturated rings. The number of ether oxygens (including phenoxy) is 1. The molecule has 2 aliphatic rings. The Morgan fingerprint density at radius 3 is 2.65 bits per heavy atom. The van der Waals surface area contributed by atoms with Crippen molar-refractivity contribution in [2.24, 2.45) is 17.8 Å². The summed E-state index contributed by atoms with van der Waals surface area (Å²) in [5, 5.41) is 0. The number of esters is 1. The van der Waals surface area contributed by atoms with E-state index in [-0.39, 0.29) is 5.97 Å². The number of rotatable bonds is 4. The Bertz CT molecular complexity index is 300. The lowest BCUT2D eigenvalue weighted by Crippen LogP contribution is -2.09. The average Bonchev–Trinajstić information content (AvgIpc) is 3.10. The second-order valence-corrected chi connectivity index (χ2v) is 5.53. The highest BCUT2D eigenvalue weighted by molar-refractivity contribution is 5.87. The lowest BCUT2D eigenvalue weighted by atomic mass is 9.85. The van der Waals surface area contributed by atoms with Crippen LogP contribution in [0.1, 0.15) is 52.4 Å². The minimum atomic E-state index is -0.137. The summed E-state index contributed by atoms with van der Waals surface area (Å²) in [7, 11) is 0. The predicted molar refractivity (Wildman–Crippen MR) is 68.6 cm³/mol. The van der Waals surface area contributed by atoms with Crippen molar-refractivity contribution in [2.45, 2.75) is 52.4 Å². The van der Waals surface area contributed by atoms with Crippen molar-refractivity contribution in [3.8, 4) is 0 Å². The fourth-order valence-corrected chi connectivity index (χ4v) is 3.17.